The molecule has 2 rings (SSSR count). The van der Waals surface area contributed by atoms with Crippen molar-refractivity contribution in [3.05, 3.63) is 34.3 Å². The summed E-state index contributed by atoms with van der Waals surface area (Å²) in [5.74, 6) is 0.340. The van der Waals surface area contributed by atoms with Crippen molar-refractivity contribution in [1.29, 1.82) is 0 Å². The van der Waals surface area contributed by atoms with Gasteiger partial charge in [-0.05, 0) is 24.8 Å². The van der Waals surface area contributed by atoms with Crippen LogP contribution in [0.4, 0.5) is 0 Å². The number of halogens is 1. The van der Waals surface area contributed by atoms with E-state index >= 15 is 0 Å². The van der Waals surface area contributed by atoms with Gasteiger partial charge in [-0.25, -0.2) is 0 Å². The summed E-state index contributed by atoms with van der Waals surface area (Å²) in [6.07, 6.45) is 0.830. The number of benzene rings is 1. The maximum absolute atomic E-state index is 10.1. The van der Waals surface area contributed by atoms with E-state index < -0.39 is 5.60 Å². The van der Waals surface area contributed by atoms with Gasteiger partial charge in [-0.15, -0.1) is 0 Å². The van der Waals surface area contributed by atoms with Crippen molar-refractivity contribution < 1.29 is 5.11 Å². The Labute approximate surface area is 83.3 Å². The molecule has 1 nitrogen and oxygen atoms in total. The average molecular weight is 197 g/mol. The minimum atomic E-state index is -0.650. The molecule has 70 valence electrons. The van der Waals surface area contributed by atoms with Crippen LogP contribution in [-0.4, -0.2) is 5.11 Å². The topological polar surface area (TPSA) is 20.2 Å². The highest BCUT2D eigenvalue weighted by atomic mass is 35.5. The maximum atomic E-state index is 10.1. The fourth-order valence-corrected chi connectivity index (χ4v) is 2.05. The third-order valence-electron chi connectivity index (χ3n) is 2.93. The fraction of sp³-hybridized carbons (Fsp3) is 0.455. The molecule has 0 spiro atoms. The Bertz CT molecular complexity index is 348. The van der Waals surface area contributed by atoms with Crippen LogP contribution in [0.15, 0.2) is 18.2 Å². The first-order valence-corrected chi connectivity index (χ1v) is 4.91. The summed E-state index contributed by atoms with van der Waals surface area (Å²) < 4.78 is 0. The van der Waals surface area contributed by atoms with Crippen LogP contribution in [0.25, 0.3) is 0 Å². The van der Waals surface area contributed by atoms with Crippen LogP contribution >= 0.6 is 11.6 Å². The molecule has 1 N–H and O–H groups in total. The van der Waals surface area contributed by atoms with Crippen molar-refractivity contribution >= 4 is 11.6 Å². The lowest BCUT2D eigenvalue weighted by molar-refractivity contribution is 0.135. The second-order valence-corrected chi connectivity index (χ2v) is 4.34. The monoisotopic (exact) mass is 196 g/mol. The van der Waals surface area contributed by atoms with Gasteiger partial charge in [0.1, 0.15) is 0 Å². The van der Waals surface area contributed by atoms with Crippen LogP contribution < -0.4 is 0 Å². The molecule has 0 aliphatic heterocycles. The van der Waals surface area contributed by atoms with Gasteiger partial charge in [-0.2, -0.15) is 0 Å². The lowest BCUT2D eigenvalue weighted by atomic mass is 10.0. The molecule has 0 saturated heterocycles. The Hall–Kier alpha value is -0.530. The molecule has 1 aromatic carbocycles. The molecule has 1 aromatic rings. The second kappa shape index (κ2) is 2.73. The molecule has 13 heavy (non-hydrogen) atoms. The van der Waals surface area contributed by atoms with Gasteiger partial charge in [0.05, 0.1) is 5.60 Å². The van der Waals surface area contributed by atoms with Crippen LogP contribution in [0.1, 0.15) is 24.5 Å². The van der Waals surface area contributed by atoms with E-state index in [0.29, 0.717) is 10.9 Å². The van der Waals surface area contributed by atoms with E-state index in [-0.39, 0.29) is 0 Å². The largest absolute Gasteiger partial charge is 0.385 e. The van der Waals surface area contributed by atoms with Crippen LogP contribution in [0.3, 0.4) is 0 Å². The zero-order valence-electron chi connectivity index (χ0n) is 7.84. The third kappa shape index (κ3) is 1.27. The van der Waals surface area contributed by atoms with Crippen molar-refractivity contribution in [2.24, 2.45) is 5.92 Å². The lowest BCUT2D eigenvalue weighted by Crippen LogP contribution is -2.08. The van der Waals surface area contributed by atoms with Gasteiger partial charge < -0.3 is 5.11 Å². The van der Waals surface area contributed by atoms with E-state index in [1.165, 1.54) is 0 Å². The molecular formula is C11H13ClO. The van der Waals surface area contributed by atoms with Crippen molar-refractivity contribution in [3.8, 4) is 0 Å². The zero-order valence-corrected chi connectivity index (χ0v) is 8.60. The Balaban J connectivity index is 2.47. The number of aryl methyl sites for hydroxylation is 1. The van der Waals surface area contributed by atoms with Gasteiger partial charge in [-0.1, -0.05) is 36.7 Å². The van der Waals surface area contributed by atoms with Gasteiger partial charge in [0.15, 0.2) is 0 Å². The van der Waals surface area contributed by atoms with E-state index in [4.69, 9.17) is 11.6 Å². The van der Waals surface area contributed by atoms with E-state index in [0.717, 1.165) is 17.5 Å². The summed E-state index contributed by atoms with van der Waals surface area (Å²) in [6.45, 7) is 4.00. The summed E-state index contributed by atoms with van der Waals surface area (Å²) in [5.41, 5.74) is 1.27. The van der Waals surface area contributed by atoms with Crippen LogP contribution in [0.2, 0.25) is 5.02 Å². The second-order valence-electron chi connectivity index (χ2n) is 3.97. The summed E-state index contributed by atoms with van der Waals surface area (Å²) in [4.78, 5) is 0. The molecule has 0 radical (unpaired) electrons. The normalized spacial score (nSPS) is 31.8. The number of hydrogen-bond acceptors (Lipinski definition) is 1. The van der Waals surface area contributed by atoms with Gasteiger partial charge in [-0.3, -0.25) is 0 Å². The summed E-state index contributed by atoms with van der Waals surface area (Å²) in [6, 6.07) is 5.82. The van der Waals surface area contributed by atoms with E-state index in [1.807, 2.05) is 32.0 Å². The molecule has 1 saturated carbocycles. The number of hydrogen-bond donors (Lipinski definition) is 1. The molecule has 1 fully saturated rings. The van der Waals surface area contributed by atoms with Gasteiger partial charge in [0.2, 0.25) is 0 Å². The lowest BCUT2D eigenvalue weighted by Gasteiger charge is -2.12. The summed E-state index contributed by atoms with van der Waals surface area (Å²) >= 11 is 6.12. The van der Waals surface area contributed by atoms with Crippen LogP contribution in [0.5, 0.6) is 0 Å². The van der Waals surface area contributed by atoms with Crippen LogP contribution in [0, 0.1) is 12.8 Å². The van der Waals surface area contributed by atoms with Gasteiger partial charge in [0, 0.05) is 10.6 Å². The van der Waals surface area contributed by atoms with Gasteiger partial charge in [0.25, 0.3) is 0 Å². The Morgan fingerprint density at radius 3 is 2.69 bits per heavy atom. The minimum Gasteiger partial charge on any atom is -0.385 e. The number of aliphatic hydroxyl groups is 1. The Morgan fingerprint density at radius 1 is 1.54 bits per heavy atom. The smallest absolute Gasteiger partial charge is 0.0941 e. The molecule has 0 bridgehead atoms. The molecule has 2 unspecified atom stereocenters. The first kappa shape index (κ1) is 9.04. The van der Waals surface area contributed by atoms with Crippen molar-refractivity contribution in [2.75, 3.05) is 0 Å². The standard InChI is InChI=1S/C11H13ClO/c1-7-4-3-5-9(10(7)12)11(13)6-8(11)2/h3-5,8,13H,6H2,1-2H3. The Morgan fingerprint density at radius 2 is 2.15 bits per heavy atom. The number of rotatable bonds is 1. The first-order valence-electron chi connectivity index (χ1n) is 4.53. The molecule has 0 amide bonds. The van der Waals surface area contributed by atoms with Crippen molar-refractivity contribution in [3.63, 3.8) is 0 Å². The van der Waals surface area contributed by atoms with Crippen LogP contribution in [-0.2, 0) is 5.60 Å². The van der Waals surface area contributed by atoms with E-state index in [2.05, 4.69) is 0 Å². The summed E-state index contributed by atoms with van der Waals surface area (Å²) in [7, 11) is 0. The zero-order chi connectivity index (χ0) is 9.64. The molecule has 2 atom stereocenters. The highest BCUT2D eigenvalue weighted by Crippen LogP contribution is 2.53. The van der Waals surface area contributed by atoms with Gasteiger partial charge >= 0.3 is 0 Å². The first-order chi connectivity index (χ1) is 6.05. The third-order valence-corrected chi connectivity index (χ3v) is 3.43. The Kier molecular flexibility index (Phi) is 1.90. The SMILES string of the molecule is Cc1cccc(C2(O)CC2C)c1Cl. The quantitative estimate of drug-likeness (QED) is 0.733. The maximum Gasteiger partial charge on any atom is 0.0941 e. The highest BCUT2D eigenvalue weighted by molar-refractivity contribution is 6.32. The predicted molar refractivity (Wildman–Crippen MR) is 53.9 cm³/mol. The molecular weight excluding hydrogens is 184 g/mol. The molecule has 2 heteroatoms. The molecule has 0 aromatic heterocycles. The predicted octanol–water partition coefficient (Wildman–Crippen LogP) is 2.88. The highest BCUT2D eigenvalue weighted by Gasteiger charge is 2.52. The van der Waals surface area contributed by atoms with Crippen molar-refractivity contribution in [1.82, 2.24) is 0 Å². The molecule has 0 heterocycles. The van der Waals surface area contributed by atoms with E-state index in [9.17, 15) is 5.11 Å². The van der Waals surface area contributed by atoms with E-state index in [1.54, 1.807) is 0 Å². The average Bonchev–Trinajstić information content (AvgIpc) is 2.67. The molecule has 1 aliphatic carbocycles. The fourth-order valence-electron chi connectivity index (χ4n) is 1.77. The minimum absolute atomic E-state index is 0.340. The molecule has 1 aliphatic rings. The summed E-state index contributed by atoms with van der Waals surface area (Å²) in [5, 5.41) is 10.8. The van der Waals surface area contributed by atoms with Crippen molar-refractivity contribution in [2.45, 2.75) is 25.9 Å².